The summed E-state index contributed by atoms with van der Waals surface area (Å²) in [4.78, 5) is 5.59. The molecular weight excluding hydrogens is 1010 g/mol. The minimum absolute atomic E-state index is 0. The summed E-state index contributed by atoms with van der Waals surface area (Å²) >= 11 is 52.9. The Morgan fingerprint density at radius 3 is 1.30 bits per heavy atom. The van der Waals surface area contributed by atoms with Gasteiger partial charge in [0.1, 0.15) is 0 Å². The molecule has 57 heavy (non-hydrogen) atoms. The smallest absolute Gasteiger partial charge is 0.0731 e. The molecule has 3 nitrogen and oxygen atoms in total. The van der Waals surface area contributed by atoms with Crippen LogP contribution in [0.25, 0.3) is 10.8 Å². The molecule has 0 saturated carbocycles. The third-order valence-electron chi connectivity index (χ3n) is 7.15. The molecule has 0 aromatic heterocycles. The summed E-state index contributed by atoms with van der Waals surface area (Å²) in [7, 11) is 0. The van der Waals surface area contributed by atoms with Crippen LogP contribution in [0.2, 0.25) is 40.2 Å². The van der Waals surface area contributed by atoms with Crippen LogP contribution in [0.3, 0.4) is 0 Å². The van der Waals surface area contributed by atoms with Gasteiger partial charge in [0.2, 0.25) is 0 Å². The third-order valence-corrected chi connectivity index (χ3v) is 13.8. The Morgan fingerprint density at radius 1 is 0.316 bits per heavy atom. The van der Waals surface area contributed by atoms with Crippen molar-refractivity contribution in [3.8, 4) is 0 Å². The molecule has 0 aliphatic carbocycles. The highest BCUT2D eigenvalue weighted by atomic mass is 35.5. The fourth-order valence-corrected chi connectivity index (χ4v) is 9.26. The molecule has 0 radical (unpaired) electrons. The molecule has 0 bridgehead atoms. The van der Waals surface area contributed by atoms with Crippen LogP contribution < -0.4 is 17.2 Å². The Kier molecular flexibility index (Phi) is 22.3. The van der Waals surface area contributed by atoms with Gasteiger partial charge in [-0.2, -0.15) is 0 Å². The first-order valence-corrected chi connectivity index (χ1v) is 21.0. The highest BCUT2D eigenvalue weighted by molar-refractivity contribution is 8.00. The van der Waals surface area contributed by atoms with E-state index in [0.29, 0.717) is 57.2 Å². The number of benzene rings is 7. The fourth-order valence-electron chi connectivity index (χ4n) is 4.54. The van der Waals surface area contributed by atoms with Gasteiger partial charge in [0.25, 0.3) is 0 Å². The van der Waals surface area contributed by atoms with Crippen molar-refractivity contribution < 1.29 is 0 Å². The Balaban J connectivity index is 0.000000288. The van der Waals surface area contributed by atoms with Crippen LogP contribution in [-0.2, 0) is 0 Å². The minimum atomic E-state index is 0. The van der Waals surface area contributed by atoms with E-state index in [-0.39, 0.29) is 37.2 Å². The van der Waals surface area contributed by atoms with Crippen molar-refractivity contribution in [2.45, 2.75) is 29.4 Å². The van der Waals surface area contributed by atoms with Crippen molar-refractivity contribution in [3.05, 3.63) is 168 Å². The van der Waals surface area contributed by atoms with E-state index in [4.69, 9.17) is 110 Å². The first kappa shape index (κ1) is 51.6. The molecule has 0 aliphatic heterocycles. The van der Waals surface area contributed by atoms with E-state index >= 15 is 0 Å². The van der Waals surface area contributed by atoms with Crippen molar-refractivity contribution in [1.82, 2.24) is 0 Å². The number of nitrogen functional groups attached to an aromatic ring is 3. The molecule has 0 fully saturated rings. The summed E-state index contributed by atoms with van der Waals surface area (Å²) in [6, 6.07) is 39.8. The number of anilines is 3. The van der Waals surface area contributed by atoms with Gasteiger partial charge in [0.15, 0.2) is 0 Å². The summed E-state index contributed by atoms with van der Waals surface area (Å²) in [5.41, 5.74) is 18.9. The average Bonchev–Trinajstić information content (AvgIpc) is 3.13. The SMILES string of the molecule is Cl.Cl.Cl.Nc1ccc(Sc2cc(Cl)c(Cl)cc2Cl)c(Cl)c1.Nc1ccc(Sc2ccc3ccccc3c2)c(Cl)c1.Nc1ccc(Sc2cccc(Cl)c2Cl)c(Cl)c1. The lowest BCUT2D eigenvalue weighted by Gasteiger charge is -2.08. The first-order chi connectivity index (χ1) is 25.8. The van der Waals surface area contributed by atoms with Gasteiger partial charge in [-0.3, -0.25) is 0 Å². The predicted molar refractivity (Wildman–Crippen MR) is 264 cm³/mol. The lowest BCUT2D eigenvalue weighted by atomic mass is 10.1. The number of hydrogen-bond donors (Lipinski definition) is 3. The molecule has 7 rings (SSSR count). The maximum atomic E-state index is 6.20. The van der Waals surface area contributed by atoms with Gasteiger partial charge in [-0.1, -0.05) is 164 Å². The van der Waals surface area contributed by atoms with E-state index < -0.39 is 0 Å². The van der Waals surface area contributed by atoms with Gasteiger partial charge in [-0.15, -0.1) is 37.2 Å². The molecule has 300 valence electrons. The molecule has 0 saturated heterocycles. The predicted octanol–water partition coefficient (Wildman–Crippen LogP) is 17.9. The van der Waals surface area contributed by atoms with Gasteiger partial charge in [-0.25, -0.2) is 0 Å². The Labute approximate surface area is 403 Å². The number of halogens is 11. The molecule has 6 N–H and O–H groups in total. The molecule has 0 unspecified atom stereocenters. The number of rotatable bonds is 6. The first-order valence-electron chi connectivity index (χ1n) is 15.5. The quantitative estimate of drug-likeness (QED) is 0.114. The van der Waals surface area contributed by atoms with E-state index in [1.165, 1.54) is 39.2 Å². The third kappa shape index (κ3) is 15.1. The van der Waals surface area contributed by atoms with Crippen LogP contribution in [0.4, 0.5) is 17.1 Å². The average molecular weight is 1040 g/mol. The summed E-state index contributed by atoms with van der Waals surface area (Å²) in [6.45, 7) is 0. The van der Waals surface area contributed by atoms with Gasteiger partial charge in [0, 0.05) is 46.4 Å². The topological polar surface area (TPSA) is 78.1 Å². The Morgan fingerprint density at radius 2 is 0.772 bits per heavy atom. The summed E-state index contributed by atoms with van der Waals surface area (Å²) in [5, 5.41) is 6.82. The molecule has 17 heteroatoms. The Hall–Kier alpha value is -1.56. The van der Waals surface area contributed by atoms with Crippen molar-refractivity contribution in [2.75, 3.05) is 17.2 Å². The van der Waals surface area contributed by atoms with E-state index in [2.05, 4.69) is 30.3 Å². The van der Waals surface area contributed by atoms with Crippen molar-refractivity contribution in [3.63, 3.8) is 0 Å². The van der Waals surface area contributed by atoms with Crippen LogP contribution in [0.15, 0.2) is 157 Å². The van der Waals surface area contributed by atoms with Crippen LogP contribution in [-0.4, -0.2) is 0 Å². The number of nitrogens with two attached hydrogens (primary N) is 3. The Bertz CT molecular complexity index is 2440. The second kappa shape index (κ2) is 24.6. The largest absolute Gasteiger partial charge is 0.399 e. The maximum Gasteiger partial charge on any atom is 0.0731 e. The molecular formula is C40H30Cl11N3S3. The lowest BCUT2D eigenvalue weighted by Crippen LogP contribution is -1.85. The maximum absolute atomic E-state index is 6.20. The second-order valence-electron chi connectivity index (χ2n) is 11.1. The molecule has 7 aromatic carbocycles. The summed E-state index contributed by atoms with van der Waals surface area (Å²) in [6.07, 6.45) is 0. The highest BCUT2D eigenvalue weighted by Gasteiger charge is 2.11. The van der Waals surface area contributed by atoms with Gasteiger partial charge in [-0.05, 0) is 102 Å². The highest BCUT2D eigenvalue weighted by Crippen LogP contribution is 2.42. The zero-order chi connectivity index (χ0) is 38.9. The van der Waals surface area contributed by atoms with Crippen LogP contribution >= 0.6 is 165 Å². The second-order valence-corrected chi connectivity index (χ2v) is 17.6. The fraction of sp³-hybridized carbons (Fsp3) is 0. The van der Waals surface area contributed by atoms with Crippen LogP contribution in [0, 0.1) is 0 Å². The molecule has 0 amide bonds. The molecule has 7 aromatic rings. The molecule has 0 heterocycles. The van der Waals surface area contributed by atoms with Gasteiger partial charge >= 0.3 is 0 Å². The van der Waals surface area contributed by atoms with E-state index in [1.54, 1.807) is 60.3 Å². The molecule has 0 atom stereocenters. The zero-order valence-corrected chi connectivity index (χ0v) is 39.8. The van der Waals surface area contributed by atoms with Gasteiger partial charge in [0.05, 0.1) is 40.2 Å². The normalized spacial score (nSPS) is 10.1. The molecule has 0 spiro atoms. The zero-order valence-electron chi connectivity index (χ0n) is 28.8. The van der Waals surface area contributed by atoms with E-state index in [1.807, 2.05) is 48.5 Å². The van der Waals surface area contributed by atoms with Crippen molar-refractivity contribution >= 4 is 193 Å². The molecule has 0 aliphatic rings. The monoisotopic (exact) mass is 1030 g/mol. The van der Waals surface area contributed by atoms with Crippen LogP contribution in [0.5, 0.6) is 0 Å². The summed E-state index contributed by atoms with van der Waals surface area (Å²) in [5.74, 6) is 0. The van der Waals surface area contributed by atoms with Crippen molar-refractivity contribution in [1.29, 1.82) is 0 Å². The standard InChI is InChI=1S/C16H12ClNS.C12H7Cl4NS.C12H8Cl3NS.3ClH/c17-15-10-13(18)6-8-16(15)19-14-7-5-11-3-1-2-4-12(11)9-14;13-7-4-10(16)12(5-8(7)14)18-11-2-1-6(17)3-9(11)15;13-8-2-1-3-11(12(8)15)17-10-5-4-7(16)6-9(10)14;;;/h1-10H,18H2;1-5H,17H2;1-6H,16H2;3*1H. The van der Waals surface area contributed by atoms with E-state index in [9.17, 15) is 0 Å². The number of fused-ring (bicyclic) bond motifs is 1. The van der Waals surface area contributed by atoms with Crippen molar-refractivity contribution in [2.24, 2.45) is 0 Å². The van der Waals surface area contributed by atoms with Crippen LogP contribution in [0.1, 0.15) is 0 Å². The number of hydrogen-bond acceptors (Lipinski definition) is 6. The van der Waals surface area contributed by atoms with E-state index in [0.717, 1.165) is 24.5 Å². The minimum Gasteiger partial charge on any atom is -0.399 e. The van der Waals surface area contributed by atoms with Gasteiger partial charge < -0.3 is 17.2 Å². The lowest BCUT2D eigenvalue weighted by molar-refractivity contribution is 1.41. The summed E-state index contributed by atoms with van der Waals surface area (Å²) < 4.78 is 0.